The Hall–Kier alpha value is -2.30. The first kappa shape index (κ1) is 14.6. The zero-order chi connectivity index (χ0) is 15.2. The van der Waals surface area contributed by atoms with E-state index in [4.69, 9.17) is 4.74 Å². The highest BCUT2D eigenvalue weighted by Crippen LogP contribution is 2.30. The van der Waals surface area contributed by atoms with E-state index in [9.17, 15) is 4.79 Å². The molecular weight excluding hydrogens is 278 g/mol. The Morgan fingerprint density at radius 2 is 2.14 bits per heavy atom. The SMILES string of the molecule is O=C(CCOc1ccccc1)N1CCCC[C@H]1c1ccn[nH]1. The Balaban J connectivity index is 1.56. The number of ether oxygens (including phenoxy) is 1. The maximum Gasteiger partial charge on any atom is 0.226 e. The zero-order valence-electron chi connectivity index (χ0n) is 12.6. The normalized spacial score (nSPS) is 18.2. The fourth-order valence-corrected chi connectivity index (χ4v) is 2.92. The number of H-pyrrole nitrogens is 1. The Kier molecular flexibility index (Phi) is 4.73. The van der Waals surface area contributed by atoms with E-state index in [0.717, 1.165) is 37.3 Å². The van der Waals surface area contributed by atoms with E-state index in [-0.39, 0.29) is 11.9 Å². The predicted octanol–water partition coefficient (Wildman–Crippen LogP) is 2.93. The van der Waals surface area contributed by atoms with E-state index < -0.39 is 0 Å². The third-order valence-electron chi connectivity index (χ3n) is 4.03. The molecule has 1 aromatic heterocycles. The third-order valence-corrected chi connectivity index (χ3v) is 4.03. The van der Waals surface area contributed by atoms with Crippen LogP contribution in [0.1, 0.15) is 37.4 Å². The summed E-state index contributed by atoms with van der Waals surface area (Å²) in [5, 5.41) is 7.00. The van der Waals surface area contributed by atoms with Crippen molar-refractivity contribution in [3.05, 3.63) is 48.3 Å². The number of benzene rings is 1. The van der Waals surface area contributed by atoms with Gasteiger partial charge in [-0.15, -0.1) is 0 Å². The number of likely N-dealkylation sites (tertiary alicyclic amines) is 1. The second-order valence-electron chi connectivity index (χ2n) is 5.52. The van der Waals surface area contributed by atoms with Crippen molar-refractivity contribution < 1.29 is 9.53 Å². The number of aromatic nitrogens is 2. The van der Waals surface area contributed by atoms with E-state index in [1.165, 1.54) is 0 Å². The molecule has 1 N–H and O–H groups in total. The Labute approximate surface area is 130 Å². The molecule has 1 aliphatic rings. The average molecular weight is 299 g/mol. The molecule has 1 fully saturated rings. The zero-order valence-corrected chi connectivity index (χ0v) is 12.6. The maximum atomic E-state index is 12.5. The molecule has 1 atom stereocenters. The van der Waals surface area contributed by atoms with Crippen molar-refractivity contribution in [2.75, 3.05) is 13.2 Å². The molecule has 0 spiro atoms. The first-order valence-corrected chi connectivity index (χ1v) is 7.81. The lowest BCUT2D eigenvalue weighted by Crippen LogP contribution is -2.39. The molecule has 116 valence electrons. The number of rotatable bonds is 5. The van der Waals surface area contributed by atoms with Gasteiger partial charge in [-0.05, 0) is 37.5 Å². The molecule has 1 aromatic carbocycles. The minimum absolute atomic E-state index is 0.125. The number of aromatic amines is 1. The van der Waals surface area contributed by atoms with Crippen molar-refractivity contribution in [1.29, 1.82) is 0 Å². The fraction of sp³-hybridized carbons (Fsp3) is 0.412. The highest BCUT2D eigenvalue weighted by molar-refractivity contribution is 5.77. The molecule has 2 aromatic rings. The molecule has 1 aliphatic heterocycles. The van der Waals surface area contributed by atoms with Gasteiger partial charge in [-0.25, -0.2) is 0 Å². The Morgan fingerprint density at radius 1 is 1.27 bits per heavy atom. The molecule has 1 saturated heterocycles. The van der Waals surface area contributed by atoms with Crippen molar-refractivity contribution in [3.63, 3.8) is 0 Å². The third kappa shape index (κ3) is 3.47. The van der Waals surface area contributed by atoms with Crippen LogP contribution in [0.5, 0.6) is 5.75 Å². The van der Waals surface area contributed by atoms with Crippen LogP contribution in [0.2, 0.25) is 0 Å². The second kappa shape index (κ2) is 7.11. The lowest BCUT2D eigenvalue weighted by molar-refractivity contribution is -0.135. The summed E-state index contributed by atoms with van der Waals surface area (Å²) in [5.41, 5.74) is 1.03. The van der Waals surface area contributed by atoms with Gasteiger partial charge in [0.1, 0.15) is 5.75 Å². The summed E-state index contributed by atoms with van der Waals surface area (Å²) >= 11 is 0. The minimum atomic E-state index is 0.125. The first-order chi connectivity index (χ1) is 10.8. The van der Waals surface area contributed by atoms with Crippen LogP contribution in [0.3, 0.4) is 0 Å². The number of para-hydroxylation sites is 1. The number of carbonyl (C=O) groups is 1. The molecule has 0 unspecified atom stereocenters. The van der Waals surface area contributed by atoms with Crippen LogP contribution in [0.25, 0.3) is 0 Å². The van der Waals surface area contributed by atoms with Crippen molar-refractivity contribution in [2.45, 2.75) is 31.7 Å². The fourth-order valence-electron chi connectivity index (χ4n) is 2.92. The van der Waals surface area contributed by atoms with Gasteiger partial charge >= 0.3 is 0 Å². The molecule has 3 rings (SSSR count). The molecule has 5 heteroatoms. The molecule has 1 amide bonds. The standard InChI is InChI=1S/C17H21N3O2/c21-17(10-13-22-14-6-2-1-3-7-14)20-12-5-4-8-16(20)15-9-11-18-19-15/h1-3,6-7,9,11,16H,4-5,8,10,12-13H2,(H,18,19)/t16-/m0/s1. The minimum Gasteiger partial charge on any atom is -0.493 e. The van der Waals surface area contributed by atoms with Gasteiger partial charge in [-0.2, -0.15) is 5.10 Å². The summed E-state index contributed by atoms with van der Waals surface area (Å²) in [5.74, 6) is 0.953. The van der Waals surface area contributed by atoms with E-state index >= 15 is 0 Å². The van der Waals surface area contributed by atoms with Crippen LogP contribution < -0.4 is 4.74 Å². The van der Waals surface area contributed by atoms with Gasteiger partial charge in [0.25, 0.3) is 0 Å². The lowest BCUT2D eigenvalue weighted by atomic mass is 9.99. The number of nitrogens with zero attached hydrogens (tertiary/aromatic N) is 2. The van der Waals surface area contributed by atoms with Gasteiger partial charge in [0, 0.05) is 12.7 Å². The largest absolute Gasteiger partial charge is 0.493 e. The first-order valence-electron chi connectivity index (χ1n) is 7.81. The molecule has 2 heterocycles. The molecule has 0 saturated carbocycles. The molecule has 0 bridgehead atoms. The van der Waals surface area contributed by atoms with Crippen molar-refractivity contribution in [1.82, 2.24) is 15.1 Å². The number of carbonyl (C=O) groups excluding carboxylic acids is 1. The number of piperidine rings is 1. The molecule has 0 radical (unpaired) electrons. The van der Waals surface area contributed by atoms with Crippen molar-refractivity contribution in [2.24, 2.45) is 0 Å². The van der Waals surface area contributed by atoms with Gasteiger partial charge in [0.15, 0.2) is 0 Å². The van der Waals surface area contributed by atoms with Crippen LogP contribution in [0, 0.1) is 0 Å². The highest BCUT2D eigenvalue weighted by atomic mass is 16.5. The summed E-state index contributed by atoms with van der Waals surface area (Å²) in [6, 6.07) is 11.7. The van der Waals surface area contributed by atoms with Crippen LogP contribution >= 0.6 is 0 Å². The van der Waals surface area contributed by atoms with Crippen LogP contribution in [0.4, 0.5) is 0 Å². The van der Waals surface area contributed by atoms with E-state index in [1.807, 2.05) is 41.3 Å². The van der Waals surface area contributed by atoms with Crippen LogP contribution in [-0.2, 0) is 4.79 Å². The van der Waals surface area contributed by atoms with Crippen molar-refractivity contribution in [3.8, 4) is 5.75 Å². The number of amides is 1. The topological polar surface area (TPSA) is 58.2 Å². The van der Waals surface area contributed by atoms with Crippen LogP contribution in [0.15, 0.2) is 42.6 Å². The van der Waals surface area contributed by atoms with Gasteiger partial charge < -0.3 is 9.64 Å². The predicted molar refractivity (Wildman–Crippen MR) is 83.4 cm³/mol. The summed E-state index contributed by atoms with van der Waals surface area (Å²) < 4.78 is 5.63. The van der Waals surface area contributed by atoms with E-state index in [1.54, 1.807) is 6.20 Å². The highest BCUT2D eigenvalue weighted by Gasteiger charge is 2.28. The second-order valence-corrected chi connectivity index (χ2v) is 5.52. The summed E-state index contributed by atoms with van der Waals surface area (Å²) in [6.07, 6.45) is 5.35. The molecule has 0 aliphatic carbocycles. The summed E-state index contributed by atoms with van der Waals surface area (Å²) in [7, 11) is 0. The number of nitrogens with one attached hydrogen (secondary N) is 1. The lowest BCUT2D eigenvalue weighted by Gasteiger charge is -2.35. The van der Waals surface area contributed by atoms with Crippen molar-refractivity contribution >= 4 is 5.91 Å². The van der Waals surface area contributed by atoms with E-state index in [2.05, 4.69) is 10.2 Å². The number of hydrogen-bond acceptors (Lipinski definition) is 3. The molecule has 22 heavy (non-hydrogen) atoms. The molecular formula is C17H21N3O2. The quantitative estimate of drug-likeness (QED) is 0.923. The summed E-state index contributed by atoms with van der Waals surface area (Å²) in [6.45, 7) is 1.23. The van der Waals surface area contributed by atoms with Gasteiger partial charge in [0.05, 0.1) is 24.8 Å². The van der Waals surface area contributed by atoms with Gasteiger partial charge in [0.2, 0.25) is 5.91 Å². The maximum absolute atomic E-state index is 12.5. The van der Waals surface area contributed by atoms with E-state index in [0.29, 0.717) is 13.0 Å². The van der Waals surface area contributed by atoms with Crippen LogP contribution in [-0.4, -0.2) is 34.2 Å². The average Bonchev–Trinajstić information content (AvgIpc) is 3.10. The van der Waals surface area contributed by atoms with Gasteiger partial charge in [-0.1, -0.05) is 18.2 Å². The number of hydrogen-bond donors (Lipinski definition) is 1. The Bertz CT molecular complexity index is 583. The monoisotopic (exact) mass is 299 g/mol. The Morgan fingerprint density at radius 3 is 2.91 bits per heavy atom. The summed E-state index contributed by atoms with van der Waals surface area (Å²) in [4.78, 5) is 14.5. The van der Waals surface area contributed by atoms with Gasteiger partial charge in [-0.3, -0.25) is 9.89 Å². The smallest absolute Gasteiger partial charge is 0.226 e. The molecule has 5 nitrogen and oxygen atoms in total.